The summed E-state index contributed by atoms with van der Waals surface area (Å²) in [6, 6.07) is 11.5. The molecule has 1 aliphatic rings. The number of rotatable bonds is 3. The molecule has 1 fully saturated rings. The van der Waals surface area contributed by atoms with Gasteiger partial charge in [-0.25, -0.2) is 4.79 Å². The molecule has 0 bridgehead atoms. The number of benzene rings is 1. The topological polar surface area (TPSA) is 62.4 Å². The molecular weight excluding hydrogens is 304 g/mol. The zero-order valence-corrected chi connectivity index (χ0v) is 13.8. The molecule has 0 radical (unpaired) electrons. The van der Waals surface area contributed by atoms with Gasteiger partial charge in [0.1, 0.15) is 6.61 Å². The van der Waals surface area contributed by atoms with Gasteiger partial charge in [0.2, 0.25) is 0 Å². The number of aromatic nitrogens is 1. The molecule has 0 saturated carbocycles. The summed E-state index contributed by atoms with van der Waals surface area (Å²) in [7, 11) is 0. The van der Waals surface area contributed by atoms with Crippen LogP contribution < -0.4 is 5.56 Å². The van der Waals surface area contributed by atoms with Gasteiger partial charge in [0.25, 0.3) is 5.56 Å². The number of aromatic amines is 1. The Balaban J connectivity index is 1.72. The second-order valence-electron chi connectivity index (χ2n) is 6.19. The highest BCUT2D eigenvalue weighted by atomic mass is 16.6. The molecule has 126 valence electrons. The van der Waals surface area contributed by atoms with Crippen molar-refractivity contribution in [1.82, 2.24) is 9.88 Å². The lowest BCUT2D eigenvalue weighted by atomic mass is 9.96. The van der Waals surface area contributed by atoms with Crippen molar-refractivity contribution in [2.75, 3.05) is 6.54 Å². The van der Waals surface area contributed by atoms with Crippen molar-refractivity contribution in [2.24, 2.45) is 0 Å². The van der Waals surface area contributed by atoms with E-state index in [1.165, 1.54) is 0 Å². The Bertz CT molecular complexity index is 755. The number of pyridine rings is 1. The molecule has 1 N–H and O–H groups in total. The summed E-state index contributed by atoms with van der Waals surface area (Å²) in [5.74, 6) is 0. The predicted octanol–water partition coefficient (Wildman–Crippen LogP) is 3.55. The van der Waals surface area contributed by atoms with Crippen molar-refractivity contribution in [2.45, 2.75) is 38.8 Å². The van der Waals surface area contributed by atoms with Crippen molar-refractivity contribution in [1.29, 1.82) is 0 Å². The maximum Gasteiger partial charge on any atom is 0.410 e. The molecule has 1 saturated heterocycles. The van der Waals surface area contributed by atoms with E-state index in [2.05, 4.69) is 4.98 Å². The number of nitrogens with one attached hydrogen (secondary N) is 1. The molecule has 1 amide bonds. The van der Waals surface area contributed by atoms with Crippen LogP contribution in [0.2, 0.25) is 0 Å². The quantitative estimate of drug-likeness (QED) is 0.938. The van der Waals surface area contributed by atoms with E-state index in [-0.39, 0.29) is 24.3 Å². The van der Waals surface area contributed by atoms with Crippen LogP contribution in [0.3, 0.4) is 0 Å². The third-order valence-corrected chi connectivity index (χ3v) is 4.44. The number of piperidine rings is 1. The van der Waals surface area contributed by atoms with E-state index in [4.69, 9.17) is 4.74 Å². The van der Waals surface area contributed by atoms with E-state index in [0.29, 0.717) is 12.1 Å². The van der Waals surface area contributed by atoms with Crippen molar-refractivity contribution in [3.8, 4) is 0 Å². The zero-order valence-electron chi connectivity index (χ0n) is 13.8. The Kier molecular flexibility index (Phi) is 4.99. The van der Waals surface area contributed by atoms with Crippen LogP contribution in [0.5, 0.6) is 0 Å². The molecule has 0 spiro atoms. The summed E-state index contributed by atoms with van der Waals surface area (Å²) >= 11 is 0. The largest absolute Gasteiger partial charge is 0.445 e. The predicted molar refractivity (Wildman–Crippen MR) is 91.7 cm³/mol. The number of H-pyrrole nitrogens is 1. The fourth-order valence-electron chi connectivity index (χ4n) is 3.11. The maximum absolute atomic E-state index is 12.5. The third-order valence-electron chi connectivity index (χ3n) is 4.44. The molecule has 1 aliphatic heterocycles. The Hall–Kier alpha value is -2.56. The molecule has 1 atom stereocenters. The SMILES string of the molecule is Cc1cc([C@H]2CCCCN2C(=O)OCc2ccccc2)c[nH]c1=O. The van der Waals surface area contributed by atoms with Gasteiger partial charge in [-0.2, -0.15) is 0 Å². The molecule has 1 aromatic carbocycles. The highest BCUT2D eigenvalue weighted by Crippen LogP contribution is 2.31. The van der Waals surface area contributed by atoms with Crippen LogP contribution >= 0.6 is 0 Å². The van der Waals surface area contributed by atoms with Gasteiger partial charge >= 0.3 is 6.09 Å². The third kappa shape index (κ3) is 3.67. The van der Waals surface area contributed by atoms with Gasteiger partial charge in [-0.15, -0.1) is 0 Å². The lowest BCUT2D eigenvalue weighted by Gasteiger charge is -2.35. The van der Waals surface area contributed by atoms with E-state index >= 15 is 0 Å². The first-order valence-electron chi connectivity index (χ1n) is 8.31. The first-order chi connectivity index (χ1) is 11.6. The summed E-state index contributed by atoms with van der Waals surface area (Å²) in [5, 5.41) is 0. The molecule has 2 heterocycles. The number of nitrogens with zero attached hydrogens (tertiary/aromatic N) is 1. The summed E-state index contributed by atoms with van der Waals surface area (Å²) in [4.78, 5) is 28.6. The minimum absolute atomic E-state index is 0.0439. The molecule has 0 aliphatic carbocycles. The Morgan fingerprint density at radius 3 is 2.83 bits per heavy atom. The standard InChI is InChI=1S/C19H22N2O3/c1-14-11-16(12-20-18(14)22)17-9-5-6-10-21(17)19(23)24-13-15-7-3-2-4-8-15/h2-4,7-8,11-12,17H,5-6,9-10,13H2,1H3,(H,20,22)/t17-/m1/s1. The van der Waals surface area contributed by atoms with Gasteiger partial charge in [-0.3, -0.25) is 4.79 Å². The van der Waals surface area contributed by atoms with Gasteiger partial charge < -0.3 is 14.6 Å². The van der Waals surface area contributed by atoms with E-state index in [9.17, 15) is 9.59 Å². The second kappa shape index (κ2) is 7.34. The number of amides is 1. The highest BCUT2D eigenvalue weighted by Gasteiger charge is 2.29. The first-order valence-corrected chi connectivity index (χ1v) is 8.31. The number of likely N-dealkylation sites (tertiary alicyclic amines) is 1. The molecular formula is C19H22N2O3. The monoisotopic (exact) mass is 326 g/mol. The van der Waals surface area contributed by atoms with E-state index in [1.54, 1.807) is 18.0 Å². The molecule has 5 heteroatoms. The number of hydrogen-bond donors (Lipinski definition) is 1. The van der Waals surface area contributed by atoms with Gasteiger partial charge in [0.15, 0.2) is 0 Å². The maximum atomic E-state index is 12.5. The van der Waals surface area contributed by atoms with Crippen LogP contribution in [-0.4, -0.2) is 22.5 Å². The van der Waals surface area contributed by atoms with E-state index in [1.807, 2.05) is 36.4 Å². The van der Waals surface area contributed by atoms with Crippen LogP contribution in [0.4, 0.5) is 4.79 Å². The zero-order chi connectivity index (χ0) is 16.9. The molecule has 1 aromatic heterocycles. The summed E-state index contributed by atoms with van der Waals surface area (Å²) in [6.07, 6.45) is 4.33. The minimum atomic E-state index is -0.299. The lowest BCUT2D eigenvalue weighted by Crippen LogP contribution is -2.39. The van der Waals surface area contributed by atoms with Crippen molar-refractivity contribution >= 4 is 6.09 Å². The Labute approximate surface area is 141 Å². The van der Waals surface area contributed by atoms with Crippen LogP contribution in [-0.2, 0) is 11.3 Å². The normalized spacial score (nSPS) is 17.5. The fraction of sp³-hybridized carbons (Fsp3) is 0.368. The number of ether oxygens (including phenoxy) is 1. The van der Waals surface area contributed by atoms with Gasteiger partial charge in [-0.1, -0.05) is 30.3 Å². The molecule has 24 heavy (non-hydrogen) atoms. The van der Waals surface area contributed by atoms with Gasteiger partial charge in [0, 0.05) is 18.3 Å². The van der Waals surface area contributed by atoms with Crippen molar-refractivity contribution < 1.29 is 9.53 Å². The minimum Gasteiger partial charge on any atom is -0.445 e. The molecule has 0 unspecified atom stereocenters. The molecule has 5 nitrogen and oxygen atoms in total. The Morgan fingerprint density at radius 1 is 1.29 bits per heavy atom. The number of carbonyl (C=O) groups is 1. The fourth-order valence-corrected chi connectivity index (χ4v) is 3.11. The smallest absolute Gasteiger partial charge is 0.410 e. The van der Waals surface area contributed by atoms with Crippen LogP contribution in [0.15, 0.2) is 47.4 Å². The average molecular weight is 326 g/mol. The first kappa shape index (κ1) is 16.3. The van der Waals surface area contributed by atoms with Gasteiger partial charge in [0.05, 0.1) is 6.04 Å². The van der Waals surface area contributed by atoms with E-state index < -0.39 is 0 Å². The average Bonchev–Trinajstić information content (AvgIpc) is 2.63. The van der Waals surface area contributed by atoms with Crippen LogP contribution in [0, 0.1) is 6.92 Å². The van der Waals surface area contributed by atoms with E-state index in [0.717, 1.165) is 30.4 Å². The summed E-state index contributed by atoms with van der Waals surface area (Å²) < 4.78 is 5.49. The van der Waals surface area contributed by atoms with Crippen molar-refractivity contribution in [3.05, 3.63) is 69.6 Å². The Morgan fingerprint density at radius 2 is 2.08 bits per heavy atom. The number of aryl methyl sites for hydroxylation is 1. The van der Waals surface area contributed by atoms with Gasteiger partial charge in [-0.05, 0) is 43.4 Å². The second-order valence-corrected chi connectivity index (χ2v) is 6.19. The number of hydrogen-bond acceptors (Lipinski definition) is 3. The summed E-state index contributed by atoms with van der Waals surface area (Å²) in [6.45, 7) is 2.73. The summed E-state index contributed by atoms with van der Waals surface area (Å²) in [5.41, 5.74) is 2.51. The number of carbonyl (C=O) groups excluding carboxylic acids is 1. The van der Waals surface area contributed by atoms with Crippen LogP contribution in [0.1, 0.15) is 42.0 Å². The lowest BCUT2D eigenvalue weighted by molar-refractivity contribution is 0.0678. The van der Waals surface area contributed by atoms with Crippen LogP contribution in [0.25, 0.3) is 0 Å². The van der Waals surface area contributed by atoms with Crippen molar-refractivity contribution in [3.63, 3.8) is 0 Å². The highest BCUT2D eigenvalue weighted by molar-refractivity contribution is 5.68. The molecule has 3 rings (SSSR count). The molecule has 2 aromatic rings.